The van der Waals surface area contributed by atoms with Crippen LogP contribution in [-0.2, 0) is 0 Å². The fraction of sp³-hybridized carbons (Fsp3) is 0.333. The standard InChI is InChI=1S/C9H12N2O2/c1-7-4-5-9(13-3)8(6-7)11(2)10-12/h4-6H,1-3H3. The summed E-state index contributed by atoms with van der Waals surface area (Å²) in [6.45, 7) is 1.95. The summed E-state index contributed by atoms with van der Waals surface area (Å²) in [5.74, 6) is 0.646. The summed E-state index contributed by atoms with van der Waals surface area (Å²) in [4.78, 5) is 10.3. The third-order valence-electron chi connectivity index (χ3n) is 1.81. The SMILES string of the molecule is COc1ccc(C)cc1N(C)N=O. The fourth-order valence-electron chi connectivity index (χ4n) is 1.10. The van der Waals surface area contributed by atoms with Gasteiger partial charge < -0.3 is 4.74 Å². The highest BCUT2D eigenvalue weighted by molar-refractivity contribution is 5.58. The summed E-state index contributed by atoms with van der Waals surface area (Å²) in [5.41, 5.74) is 1.74. The zero-order valence-electron chi connectivity index (χ0n) is 7.94. The van der Waals surface area contributed by atoms with E-state index >= 15 is 0 Å². The van der Waals surface area contributed by atoms with Gasteiger partial charge in [-0.1, -0.05) is 6.07 Å². The highest BCUT2D eigenvalue weighted by Gasteiger charge is 2.07. The first-order valence-corrected chi connectivity index (χ1v) is 3.90. The molecule has 1 rings (SSSR count). The molecule has 0 heterocycles. The summed E-state index contributed by atoms with van der Waals surface area (Å²) >= 11 is 0. The van der Waals surface area contributed by atoms with Crippen LogP contribution >= 0.6 is 0 Å². The van der Waals surface area contributed by atoms with E-state index in [4.69, 9.17) is 4.74 Å². The Kier molecular flexibility index (Phi) is 2.84. The van der Waals surface area contributed by atoms with E-state index in [0.717, 1.165) is 5.56 Å². The molecule has 0 unspecified atom stereocenters. The van der Waals surface area contributed by atoms with E-state index in [0.29, 0.717) is 11.4 Å². The summed E-state index contributed by atoms with van der Waals surface area (Å²) in [5, 5.41) is 4.05. The maximum absolute atomic E-state index is 10.3. The molecule has 0 aliphatic rings. The average Bonchev–Trinajstić information content (AvgIpc) is 2.16. The second kappa shape index (κ2) is 3.89. The Morgan fingerprint density at radius 2 is 2.15 bits per heavy atom. The van der Waals surface area contributed by atoms with Gasteiger partial charge in [0.2, 0.25) is 0 Å². The third kappa shape index (κ3) is 1.96. The molecule has 0 radical (unpaired) electrons. The van der Waals surface area contributed by atoms with Crippen molar-refractivity contribution in [3.05, 3.63) is 28.7 Å². The van der Waals surface area contributed by atoms with Crippen LogP contribution in [0.4, 0.5) is 5.69 Å². The first kappa shape index (κ1) is 9.51. The summed E-state index contributed by atoms with van der Waals surface area (Å²) in [6.07, 6.45) is 0. The molecule has 0 spiro atoms. The quantitative estimate of drug-likeness (QED) is 0.528. The molecule has 0 aliphatic heterocycles. The van der Waals surface area contributed by atoms with Gasteiger partial charge in [-0.05, 0) is 24.6 Å². The van der Waals surface area contributed by atoms with Gasteiger partial charge in [-0.25, -0.2) is 5.01 Å². The van der Waals surface area contributed by atoms with Crippen LogP contribution in [0.3, 0.4) is 0 Å². The molecule has 4 heteroatoms. The lowest BCUT2D eigenvalue weighted by Gasteiger charge is -2.13. The Bertz CT molecular complexity index is 312. The number of nitrogens with zero attached hydrogens (tertiary/aromatic N) is 2. The molecular formula is C9H12N2O2. The minimum atomic E-state index is 0.646. The molecule has 1 aromatic carbocycles. The average molecular weight is 180 g/mol. The largest absolute Gasteiger partial charge is 0.495 e. The van der Waals surface area contributed by atoms with Crippen LogP contribution in [0.5, 0.6) is 5.75 Å². The fourth-order valence-corrected chi connectivity index (χ4v) is 1.10. The Balaban J connectivity index is 3.14. The molecule has 0 fully saturated rings. The van der Waals surface area contributed by atoms with Crippen molar-refractivity contribution in [2.75, 3.05) is 19.2 Å². The predicted octanol–water partition coefficient (Wildman–Crippen LogP) is 2.12. The number of anilines is 1. The lowest BCUT2D eigenvalue weighted by molar-refractivity contribution is 0.415. The molecule has 0 bridgehead atoms. The number of nitroso groups, excluding NO2 is 1. The number of methoxy groups -OCH3 is 1. The molecule has 13 heavy (non-hydrogen) atoms. The van der Waals surface area contributed by atoms with E-state index in [1.807, 2.05) is 25.1 Å². The maximum atomic E-state index is 10.3. The smallest absolute Gasteiger partial charge is 0.144 e. The van der Waals surface area contributed by atoms with Gasteiger partial charge in [0.15, 0.2) is 0 Å². The van der Waals surface area contributed by atoms with Crippen molar-refractivity contribution in [1.82, 2.24) is 0 Å². The Morgan fingerprint density at radius 3 is 2.69 bits per heavy atom. The van der Waals surface area contributed by atoms with Crippen molar-refractivity contribution in [1.29, 1.82) is 0 Å². The molecule has 0 saturated carbocycles. The zero-order valence-corrected chi connectivity index (χ0v) is 7.94. The maximum Gasteiger partial charge on any atom is 0.144 e. The van der Waals surface area contributed by atoms with Crippen molar-refractivity contribution in [2.24, 2.45) is 5.29 Å². The molecular weight excluding hydrogens is 168 g/mol. The molecule has 0 aromatic heterocycles. The Labute approximate surface area is 77.1 Å². The number of benzene rings is 1. The summed E-state index contributed by atoms with van der Waals surface area (Å²) in [6, 6.07) is 5.58. The number of hydrogen-bond acceptors (Lipinski definition) is 3. The zero-order chi connectivity index (χ0) is 9.84. The minimum Gasteiger partial charge on any atom is -0.495 e. The van der Waals surface area contributed by atoms with Gasteiger partial charge in [-0.3, -0.25) is 0 Å². The van der Waals surface area contributed by atoms with Gasteiger partial charge in [0.05, 0.1) is 12.4 Å². The lowest BCUT2D eigenvalue weighted by atomic mass is 10.2. The van der Waals surface area contributed by atoms with E-state index in [9.17, 15) is 4.91 Å². The molecule has 0 saturated heterocycles. The predicted molar refractivity (Wildman–Crippen MR) is 51.9 cm³/mol. The monoisotopic (exact) mass is 180 g/mol. The van der Waals surface area contributed by atoms with Crippen molar-refractivity contribution >= 4 is 5.69 Å². The van der Waals surface area contributed by atoms with Gasteiger partial charge >= 0.3 is 0 Å². The van der Waals surface area contributed by atoms with E-state index in [1.165, 1.54) is 5.01 Å². The van der Waals surface area contributed by atoms with Crippen molar-refractivity contribution < 1.29 is 4.74 Å². The Hall–Kier alpha value is -1.58. The van der Waals surface area contributed by atoms with Crippen molar-refractivity contribution in [2.45, 2.75) is 6.92 Å². The molecule has 0 atom stereocenters. The summed E-state index contributed by atoms with van der Waals surface area (Å²) < 4.78 is 5.08. The first-order valence-electron chi connectivity index (χ1n) is 3.90. The number of rotatable bonds is 3. The van der Waals surface area contributed by atoms with E-state index in [-0.39, 0.29) is 0 Å². The van der Waals surface area contributed by atoms with Crippen LogP contribution in [0.15, 0.2) is 23.5 Å². The van der Waals surface area contributed by atoms with Gasteiger partial charge in [0.25, 0.3) is 0 Å². The molecule has 0 N–H and O–H groups in total. The van der Waals surface area contributed by atoms with Gasteiger partial charge in [-0.2, -0.15) is 0 Å². The molecule has 4 nitrogen and oxygen atoms in total. The van der Waals surface area contributed by atoms with Crippen LogP contribution in [0.25, 0.3) is 0 Å². The van der Waals surface area contributed by atoms with E-state index < -0.39 is 0 Å². The third-order valence-corrected chi connectivity index (χ3v) is 1.81. The normalized spacial score (nSPS) is 9.46. The van der Waals surface area contributed by atoms with Crippen molar-refractivity contribution in [3.8, 4) is 5.75 Å². The number of ether oxygens (including phenoxy) is 1. The molecule has 1 aromatic rings. The van der Waals surface area contributed by atoms with Gasteiger partial charge in [0.1, 0.15) is 11.4 Å². The lowest BCUT2D eigenvalue weighted by Crippen LogP contribution is -2.08. The van der Waals surface area contributed by atoms with Crippen LogP contribution < -0.4 is 9.75 Å². The highest BCUT2D eigenvalue weighted by Crippen LogP contribution is 2.28. The van der Waals surface area contributed by atoms with Gasteiger partial charge in [0, 0.05) is 7.05 Å². The van der Waals surface area contributed by atoms with Gasteiger partial charge in [-0.15, -0.1) is 4.91 Å². The molecule has 70 valence electrons. The Morgan fingerprint density at radius 1 is 1.46 bits per heavy atom. The van der Waals surface area contributed by atoms with Crippen LogP contribution in [0, 0.1) is 11.8 Å². The number of aryl methyl sites for hydroxylation is 1. The number of hydrogen-bond donors (Lipinski definition) is 0. The van der Waals surface area contributed by atoms with E-state index in [2.05, 4.69) is 5.29 Å². The second-order valence-electron chi connectivity index (χ2n) is 2.78. The van der Waals surface area contributed by atoms with Crippen LogP contribution in [0.2, 0.25) is 0 Å². The topological polar surface area (TPSA) is 41.9 Å². The van der Waals surface area contributed by atoms with Crippen molar-refractivity contribution in [3.63, 3.8) is 0 Å². The molecule has 0 amide bonds. The summed E-state index contributed by atoms with van der Waals surface area (Å²) in [7, 11) is 3.15. The highest BCUT2D eigenvalue weighted by atomic mass is 16.5. The minimum absolute atomic E-state index is 0.646. The van der Waals surface area contributed by atoms with Crippen LogP contribution in [0.1, 0.15) is 5.56 Å². The van der Waals surface area contributed by atoms with Crippen LogP contribution in [-0.4, -0.2) is 14.2 Å². The van der Waals surface area contributed by atoms with E-state index in [1.54, 1.807) is 14.2 Å². The molecule has 0 aliphatic carbocycles. The second-order valence-corrected chi connectivity index (χ2v) is 2.78. The first-order chi connectivity index (χ1) is 6.19.